The third-order valence-corrected chi connectivity index (χ3v) is 12.5. The highest BCUT2D eigenvalue weighted by Crippen LogP contribution is 2.23. The minimum Gasteiger partial charge on any atom is -0.238 e. The molecule has 0 amide bonds. The Labute approximate surface area is 348 Å². The lowest BCUT2D eigenvalue weighted by Crippen LogP contribution is -2.09. The van der Waals surface area contributed by atoms with E-state index < -0.39 is 0 Å². The van der Waals surface area contributed by atoms with Crippen LogP contribution in [0, 0.1) is 6.92 Å². The molecule has 0 N–H and O–H groups in total. The summed E-state index contributed by atoms with van der Waals surface area (Å²) in [5.41, 5.74) is 4.23. The van der Waals surface area contributed by atoms with Crippen LogP contribution in [0.15, 0.2) is 0 Å². The molecule has 1 aromatic rings. The van der Waals surface area contributed by atoms with Crippen molar-refractivity contribution in [2.75, 3.05) is 0 Å². The van der Waals surface area contributed by atoms with E-state index in [0.717, 1.165) is 18.7 Å². The van der Waals surface area contributed by atoms with E-state index in [1.165, 1.54) is 293 Å². The number of nitrogens with zero attached hydrogens (tertiary/aromatic N) is 2. The van der Waals surface area contributed by atoms with Gasteiger partial charge in [-0.2, -0.15) is 0 Å². The van der Waals surface area contributed by atoms with E-state index >= 15 is 0 Å². The van der Waals surface area contributed by atoms with Gasteiger partial charge in [0.2, 0.25) is 0 Å². The number of unbranched alkanes of at least 4 members (excludes halogenated alkanes) is 39. The molecular weight excluding hydrogens is 665 g/mol. The highest BCUT2D eigenvalue weighted by Gasteiger charge is 2.13. The van der Waals surface area contributed by atoms with Crippen LogP contribution in [0.2, 0.25) is 0 Å². The third-order valence-electron chi connectivity index (χ3n) is 12.5. The third kappa shape index (κ3) is 34.8. The van der Waals surface area contributed by atoms with Crippen molar-refractivity contribution in [2.45, 2.75) is 310 Å². The number of hydrogen-bond acceptors (Lipinski definition) is 2. The highest BCUT2D eigenvalue weighted by atomic mass is 14.9. The Balaban J connectivity index is 2.40. The zero-order valence-corrected chi connectivity index (χ0v) is 38.4. The summed E-state index contributed by atoms with van der Waals surface area (Å²) in [5.74, 6) is 0.769. The molecule has 0 aliphatic carbocycles. The summed E-state index contributed by atoms with van der Waals surface area (Å²) >= 11 is 0. The number of aryl methyl sites for hydroxylation is 2. The maximum Gasteiger partial charge on any atom is 0.129 e. The normalized spacial score (nSPS) is 11.6. The number of rotatable bonds is 45. The van der Waals surface area contributed by atoms with Crippen molar-refractivity contribution in [1.82, 2.24) is 9.97 Å². The van der Waals surface area contributed by atoms with Gasteiger partial charge in [0.25, 0.3) is 0 Å². The van der Waals surface area contributed by atoms with Crippen LogP contribution >= 0.6 is 0 Å². The van der Waals surface area contributed by atoms with Crippen molar-refractivity contribution in [3.8, 4) is 0 Å². The zero-order chi connectivity index (χ0) is 39.5. The number of aromatic nitrogens is 2. The zero-order valence-electron chi connectivity index (χ0n) is 38.4. The van der Waals surface area contributed by atoms with E-state index in [4.69, 9.17) is 9.97 Å². The quantitative estimate of drug-likeness (QED) is 0.0618. The molecule has 0 aromatic carbocycles. The van der Waals surface area contributed by atoms with Gasteiger partial charge in [-0.3, -0.25) is 0 Å². The molecule has 1 aromatic heterocycles. The fourth-order valence-corrected chi connectivity index (χ4v) is 8.81. The summed E-state index contributed by atoms with van der Waals surface area (Å²) in [6.45, 7) is 11.2. The molecular formula is C53H101N2. The molecule has 0 spiro atoms. The molecule has 2 nitrogen and oxygen atoms in total. The average molecular weight is 766 g/mol. The van der Waals surface area contributed by atoms with Crippen molar-refractivity contribution in [2.24, 2.45) is 0 Å². The Kier molecular flexibility index (Phi) is 40.4. The first kappa shape index (κ1) is 52.1. The molecule has 2 heteroatoms. The van der Waals surface area contributed by atoms with E-state index in [1.807, 2.05) is 0 Å². The molecule has 1 rings (SSSR count). The van der Waals surface area contributed by atoms with Crippen LogP contribution in [0.1, 0.15) is 313 Å². The van der Waals surface area contributed by atoms with Gasteiger partial charge in [0.1, 0.15) is 5.82 Å². The molecule has 0 aliphatic heterocycles. The van der Waals surface area contributed by atoms with Crippen LogP contribution < -0.4 is 0 Å². The molecule has 0 unspecified atom stereocenters. The molecule has 1 radical (unpaired) electrons. The lowest BCUT2D eigenvalue weighted by Gasteiger charge is -2.15. The Morgan fingerprint density at radius 1 is 0.255 bits per heavy atom. The Morgan fingerprint density at radius 3 is 0.655 bits per heavy atom. The summed E-state index contributed by atoms with van der Waals surface area (Å²) in [6.07, 6.45) is 62.9. The van der Waals surface area contributed by atoms with Gasteiger partial charge >= 0.3 is 0 Å². The van der Waals surface area contributed by atoms with Crippen molar-refractivity contribution in [1.29, 1.82) is 0 Å². The first-order valence-corrected chi connectivity index (χ1v) is 25.9. The smallest absolute Gasteiger partial charge is 0.129 e. The monoisotopic (exact) mass is 766 g/mol. The predicted octanol–water partition coefficient (Wildman–Crippen LogP) is 18.7. The molecule has 0 aliphatic rings. The fraction of sp³-hybridized carbons (Fsp3) is 0.906. The maximum atomic E-state index is 5.01. The molecule has 0 bridgehead atoms. The largest absolute Gasteiger partial charge is 0.238 e. The van der Waals surface area contributed by atoms with Gasteiger partial charge in [-0.05, 0) is 44.1 Å². The van der Waals surface area contributed by atoms with Crippen LogP contribution in [-0.4, -0.2) is 9.97 Å². The molecule has 323 valence electrons. The van der Waals surface area contributed by atoms with Gasteiger partial charge in [-0.25, -0.2) is 9.97 Å². The van der Waals surface area contributed by atoms with E-state index in [9.17, 15) is 0 Å². The van der Waals surface area contributed by atoms with Crippen LogP contribution in [0.25, 0.3) is 0 Å². The molecule has 0 saturated carbocycles. The van der Waals surface area contributed by atoms with E-state index in [2.05, 4.69) is 27.7 Å². The second kappa shape index (κ2) is 42.7. The lowest BCUT2D eigenvalue weighted by atomic mass is 9.96. The fourth-order valence-electron chi connectivity index (χ4n) is 8.81. The predicted molar refractivity (Wildman–Crippen MR) is 249 cm³/mol. The second-order valence-electron chi connectivity index (χ2n) is 18.1. The summed E-state index contributed by atoms with van der Waals surface area (Å²) < 4.78 is 0. The molecule has 0 saturated heterocycles. The maximum absolute atomic E-state index is 5.01. The van der Waals surface area contributed by atoms with E-state index in [0.29, 0.717) is 0 Å². The first-order valence-electron chi connectivity index (χ1n) is 25.9. The highest BCUT2D eigenvalue weighted by molar-refractivity contribution is 5.27. The lowest BCUT2D eigenvalue weighted by molar-refractivity contribution is 0.531. The van der Waals surface area contributed by atoms with Crippen LogP contribution in [-0.2, 0) is 19.3 Å². The molecule has 55 heavy (non-hydrogen) atoms. The first-order chi connectivity index (χ1) is 27.2. The standard InChI is InChI=1S/C53H101N2/c1-5-8-11-14-17-20-23-26-29-32-35-38-41-44-47-51-52(48-45-42-39-36-33-30-27-24-21-18-15-12-9-6-2)54-50(4)55-53(51)49-46-43-40-37-34-31-28-25-22-19-16-13-10-7-3/h4-49H2,1-3H3. The summed E-state index contributed by atoms with van der Waals surface area (Å²) in [4.78, 5) is 10.0. The van der Waals surface area contributed by atoms with Gasteiger partial charge in [0.15, 0.2) is 0 Å². The van der Waals surface area contributed by atoms with Crippen molar-refractivity contribution < 1.29 is 0 Å². The minimum absolute atomic E-state index is 0.769. The van der Waals surface area contributed by atoms with Crippen molar-refractivity contribution in [3.63, 3.8) is 0 Å². The van der Waals surface area contributed by atoms with Gasteiger partial charge in [0, 0.05) is 18.3 Å². The Morgan fingerprint density at radius 2 is 0.436 bits per heavy atom. The van der Waals surface area contributed by atoms with Crippen LogP contribution in [0.4, 0.5) is 0 Å². The van der Waals surface area contributed by atoms with Crippen molar-refractivity contribution in [3.05, 3.63) is 29.7 Å². The molecule has 0 fully saturated rings. The van der Waals surface area contributed by atoms with Gasteiger partial charge in [-0.1, -0.05) is 271 Å². The average Bonchev–Trinajstić information content (AvgIpc) is 3.18. The summed E-state index contributed by atoms with van der Waals surface area (Å²) in [5, 5.41) is 0. The topological polar surface area (TPSA) is 25.8 Å². The number of hydrogen-bond donors (Lipinski definition) is 0. The second-order valence-corrected chi connectivity index (χ2v) is 18.1. The Bertz CT molecular complexity index is 839. The van der Waals surface area contributed by atoms with Crippen LogP contribution in [0.5, 0.6) is 0 Å². The van der Waals surface area contributed by atoms with Gasteiger partial charge in [-0.15, -0.1) is 0 Å². The van der Waals surface area contributed by atoms with E-state index in [1.54, 1.807) is 0 Å². The Hall–Kier alpha value is -0.920. The van der Waals surface area contributed by atoms with E-state index in [-0.39, 0.29) is 0 Å². The van der Waals surface area contributed by atoms with Gasteiger partial charge in [0.05, 0.1) is 0 Å². The SMILES string of the molecule is [CH2]c1nc(CCCCCCCCCCCCCCCC)c(CCCCCCCCCCCCCCCC)c(CCCCCCCCCCCCCCCC)n1. The van der Waals surface area contributed by atoms with Crippen molar-refractivity contribution >= 4 is 0 Å². The van der Waals surface area contributed by atoms with Gasteiger partial charge < -0.3 is 0 Å². The summed E-state index contributed by atoms with van der Waals surface area (Å²) in [7, 11) is 0. The molecule has 0 atom stereocenters. The summed E-state index contributed by atoms with van der Waals surface area (Å²) in [6, 6.07) is 0. The molecule has 1 heterocycles. The van der Waals surface area contributed by atoms with Crippen LogP contribution in [0.3, 0.4) is 0 Å². The minimum atomic E-state index is 0.769.